The molecule has 2 fully saturated rings. The van der Waals surface area contributed by atoms with E-state index in [1.165, 1.54) is 24.8 Å². The highest BCUT2D eigenvalue weighted by Gasteiger charge is 2.62. The molecule has 0 aromatic heterocycles. The van der Waals surface area contributed by atoms with Gasteiger partial charge in [-0.25, -0.2) is 0 Å². The van der Waals surface area contributed by atoms with E-state index < -0.39 is 0 Å². The smallest absolute Gasteiger partial charge is 0.170 e. The zero-order valence-electron chi connectivity index (χ0n) is 10.7. The lowest BCUT2D eigenvalue weighted by Crippen LogP contribution is -2.37. The van der Waals surface area contributed by atoms with E-state index in [0.717, 1.165) is 6.54 Å². The fourth-order valence-electron chi connectivity index (χ4n) is 3.36. The molecule has 0 N–H and O–H groups in total. The van der Waals surface area contributed by atoms with Gasteiger partial charge >= 0.3 is 0 Å². The molecule has 3 atom stereocenters. The van der Waals surface area contributed by atoms with Crippen molar-refractivity contribution in [1.82, 2.24) is 5.06 Å². The van der Waals surface area contributed by atoms with E-state index in [2.05, 4.69) is 49.2 Å². The maximum Gasteiger partial charge on any atom is 0.170 e. The van der Waals surface area contributed by atoms with E-state index >= 15 is 0 Å². The first-order valence-corrected chi connectivity index (χ1v) is 6.74. The van der Waals surface area contributed by atoms with Crippen LogP contribution in [0.15, 0.2) is 30.3 Å². The van der Waals surface area contributed by atoms with Crippen LogP contribution in [-0.4, -0.2) is 10.8 Å². The van der Waals surface area contributed by atoms with Crippen LogP contribution in [0.2, 0.25) is 0 Å². The molecule has 1 aromatic rings. The Kier molecular flexibility index (Phi) is 2.72. The van der Waals surface area contributed by atoms with Gasteiger partial charge in [0.15, 0.2) is 5.72 Å². The second-order valence-electron chi connectivity index (χ2n) is 5.60. The van der Waals surface area contributed by atoms with Gasteiger partial charge in [-0.3, -0.25) is 4.84 Å². The van der Waals surface area contributed by atoms with Gasteiger partial charge in [0, 0.05) is 11.8 Å². The Balaban J connectivity index is 1.72. The summed E-state index contributed by atoms with van der Waals surface area (Å²) in [5.41, 5.74) is 1.39. The first-order chi connectivity index (χ1) is 8.23. The van der Waals surface area contributed by atoms with Gasteiger partial charge in [-0.1, -0.05) is 50.6 Å². The molecular weight excluding hydrogens is 210 g/mol. The van der Waals surface area contributed by atoms with Gasteiger partial charge in [-0.2, -0.15) is 0 Å². The molecule has 1 saturated carbocycles. The topological polar surface area (TPSA) is 15.5 Å². The van der Waals surface area contributed by atoms with Crippen molar-refractivity contribution in [2.24, 2.45) is 11.8 Å². The lowest BCUT2D eigenvalue weighted by atomic mass is 9.77. The molecule has 2 aliphatic rings. The van der Waals surface area contributed by atoms with Crippen LogP contribution in [0.4, 0.5) is 0 Å². The lowest BCUT2D eigenvalue weighted by molar-refractivity contribution is 0.113. The molecule has 0 bridgehead atoms. The Morgan fingerprint density at radius 1 is 1.18 bits per heavy atom. The Bertz CT molecular complexity index is 379. The summed E-state index contributed by atoms with van der Waals surface area (Å²) < 4.78 is 0. The van der Waals surface area contributed by atoms with E-state index in [0.29, 0.717) is 11.8 Å². The highest BCUT2D eigenvalue weighted by Crippen LogP contribution is 2.54. The van der Waals surface area contributed by atoms with Gasteiger partial charge in [-0.15, -0.1) is 5.06 Å². The van der Waals surface area contributed by atoms with Gasteiger partial charge in [0.25, 0.3) is 0 Å². The van der Waals surface area contributed by atoms with Gasteiger partial charge in [0.2, 0.25) is 0 Å². The molecule has 0 radical (unpaired) electrons. The predicted octanol–water partition coefficient (Wildman–Crippen LogP) is 3.59. The van der Waals surface area contributed by atoms with Crippen LogP contribution in [0.5, 0.6) is 0 Å². The summed E-state index contributed by atoms with van der Waals surface area (Å²) in [7, 11) is 0. The van der Waals surface area contributed by atoms with E-state index in [4.69, 9.17) is 4.84 Å². The van der Waals surface area contributed by atoms with Gasteiger partial charge in [0.05, 0.1) is 6.54 Å². The van der Waals surface area contributed by atoms with E-state index in [-0.39, 0.29) is 5.72 Å². The summed E-state index contributed by atoms with van der Waals surface area (Å²) in [6.45, 7) is 5.59. The van der Waals surface area contributed by atoms with Crippen LogP contribution < -0.4 is 0 Å². The number of hydrogen-bond acceptors (Lipinski definition) is 2. The van der Waals surface area contributed by atoms with Crippen LogP contribution in [0.3, 0.4) is 0 Å². The van der Waals surface area contributed by atoms with Crippen molar-refractivity contribution in [3.63, 3.8) is 0 Å². The molecule has 1 saturated heterocycles. The highest BCUT2D eigenvalue weighted by atomic mass is 16.9. The molecule has 0 amide bonds. The van der Waals surface area contributed by atoms with Crippen LogP contribution in [-0.2, 0) is 11.4 Å². The maximum atomic E-state index is 6.01. The monoisotopic (exact) mass is 231 g/mol. The normalized spacial score (nSPS) is 34.8. The predicted molar refractivity (Wildman–Crippen MR) is 68.0 cm³/mol. The molecule has 92 valence electrons. The second kappa shape index (κ2) is 4.11. The fraction of sp³-hybridized carbons (Fsp3) is 0.600. The van der Waals surface area contributed by atoms with Gasteiger partial charge in [-0.05, 0) is 18.4 Å². The molecule has 1 aromatic carbocycles. The van der Waals surface area contributed by atoms with Gasteiger partial charge < -0.3 is 0 Å². The first kappa shape index (κ1) is 11.2. The third-order valence-corrected chi connectivity index (χ3v) is 4.47. The molecule has 17 heavy (non-hydrogen) atoms. The van der Waals surface area contributed by atoms with Crippen molar-refractivity contribution in [2.75, 3.05) is 0 Å². The van der Waals surface area contributed by atoms with Crippen molar-refractivity contribution < 1.29 is 4.84 Å². The lowest BCUT2D eigenvalue weighted by Gasteiger charge is -2.31. The van der Waals surface area contributed by atoms with Crippen LogP contribution in [0.1, 0.15) is 38.7 Å². The van der Waals surface area contributed by atoms with Crippen LogP contribution in [0, 0.1) is 11.8 Å². The van der Waals surface area contributed by atoms with Crippen LogP contribution in [0.25, 0.3) is 0 Å². The number of benzene rings is 1. The Labute approximate surface area is 104 Å². The zero-order valence-corrected chi connectivity index (χ0v) is 10.7. The molecule has 3 rings (SSSR count). The minimum Gasteiger partial charge on any atom is -0.271 e. The number of hydroxylamine groups is 2. The number of hydrogen-bond donors (Lipinski definition) is 0. The van der Waals surface area contributed by atoms with E-state index in [1.807, 2.05) is 0 Å². The van der Waals surface area contributed by atoms with Crippen molar-refractivity contribution in [3.05, 3.63) is 35.9 Å². The summed E-state index contributed by atoms with van der Waals surface area (Å²) in [6, 6.07) is 10.6. The first-order valence-electron chi connectivity index (χ1n) is 6.74. The quantitative estimate of drug-likeness (QED) is 0.723. The molecular formula is C15H21NO. The molecule has 1 spiro atoms. The second-order valence-corrected chi connectivity index (χ2v) is 5.60. The summed E-state index contributed by atoms with van der Waals surface area (Å²) >= 11 is 0. The summed E-state index contributed by atoms with van der Waals surface area (Å²) in [5.74, 6) is 1.32. The average molecular weight is 231 g/mol. The van der Waals surface area contributed by atoms with E-state index in [1.54, 1.807) is 0 Å². The molecule has 1 heterocycles. The minimum absolute atomic E-state index is 0.0497. The molecule has 2 heteroatoms. The molecule has 2 nitrogen and oxygen atoms in total. The zero-order chi connectivity index (χ0) is 11.9. The van der Waals surface area contributed by atoms with Crippen molar-refractivity contribution in [2.45, 2.75) is 45.4 Å². The average Bonchev–Trinajstić information content (AvgIpc) is 3.03. The molecule has 1 unspecified atom stereocenters. The number of nitrogens with zero attached hydrogens (tertiary/aromatic N) is 1. The summed E-state index contributed by atoms with van der Waals surface area (Å²) in [4.78, 5) is 6.01. The Morgan fingerprint density at radius 3 is 2.47 bits per heavy atom. The van der Waals surface area contributed by atoms with Crippen LogP contribution >= 0.6 is 0 Å². The Hall–Kier alpha value is -0.860. The highest BCUT2D eigenvalue weighted by molar-refractivity contribution is 5.15. The SMILES string of the molecule is C[C@@H]1CCC[C@@H](C)C12ON2Cc1ccccc1. The van der Waals surface area contributed by atoms with E-state index in [9.17, 15) is 0 Å². The number of rotatable bonds is 2. The fourth-order valence-corrected chi connectivity index (χ4v) is 3.36. The maximum absolute atomic E-state index is 6.01. The largest absolute Gasteiger partial charge is 0.271 e. The summed E-state index contributed by atoms with van der Waals surface area (Å²) in [5, 5.41) is 2.21. The van der Waals surface area contributed by atoms with Crippen molar-refractivity contribution >= 4 is 0 Å². The van der Waals surface area contributed by atoms with Crippen molar-refractivity contribution in [3.8, 4) is 0 Å². The van der Waals surface area contributed by atoms with Crippen molar-refractivity contribution in [1.29, 1.82) is 0 Å². The third kappa shape index (κ3) is 1.80. The Morgan fingerprint density at radius 2 is 1.82 bits per heavy atom. The summed E-state index contributed by atoms with van der Waals surface area (Å²) in [6.07, 6.45) is 3.96. The third-order valence-electron chi connectivity index (χ3n) is 4.47. The molecule has 1 aliphatic heterocycles. The van der Waals surface area contributed by atoms with Gasteiger partial charge in [0.1, 0.15) is 0 Å². The molecule has 1 aliphatic carbocycles. The standard InChI is InChI=1S/C15H21NO/c1-12-7-6-8-13(2)15(12)16(17-15)11-14-9-4-3-5-10-14/h3-5,9-10,12-13H,6-8,11H2,1-2H3/t12-,13-,16?/m1/s1. The minimum atomic E-state index is 0.0497.